The van der Waals surface area contributed by atoms with Gasteiger partial charge in [0.1, 0.15) is 17.6 Å². The minimum atomic E-state index is -0.912. The Balaban J connectivity index is 1.69. The van der Waals surface area contributed by atoms with Gasteiger partial charge in [-0.15, -0.1) is 0 Å². The van der Waals surface area contributed by atoms with Gasteiger partial charge in [0, 0.05) is 30.6 Å². The molecule has 132 valence electrons. The number of carboxylic acid groups (broad SMARTS) is 1. The normalized spacial score (nSPS) is 15.5. The second-order valence-corrected chi connectivity index (χ2v) is 6.24. The highest BCUT2D eigenvalue weighted by molar-refractivity contribution is 5.87. The van der Waals surface area contributed by atoms with Crippen molar-refractivity contribution in [1.29, 1.82) is 0 Å². The molecule has 5 nitrogen and oxygen atoms in total. The molecule has 5 heteroatoms. The molecule has 0 spiro atoms. The van der Waals surface area contributed by atoms with E-state index in [0.29, 0.717) is 25.3 Å². The average Bonchev–Trinajstić information content (AvgIpc) is 2.94. The summed E-state index contributed by atoms with van der Waals surface area (Å²) < 4.78 is 11.6. The van der Waals surface area contributed by atoms with Crippen molar-refractivity contribution in [2.75, 3.05) is 6.61 Å². The average molecular weight is 341 g/mol. The zero-order chi connectivity index (χ0) is 17.8. The Morgan fingerprint density at radius 1 is 1.32 bits per heavy atom. The summed E-state index contributed by atoms with van der Waals surface area (Å²) in [7, 11) is 0. The van der Waals surface area contributed by atoms with Crippen LogP contribution in [0.4, 0.5) is 0 Å². The number of aromatic carboxylic acids is 1. The Kier molecular flexibility index (Phi) is 5.24. The van der Waals surface area contributed by atoms with Crippen LogP contribution in [-0.2, 0) is 19.5 Å². The van der Waals surface area contributed by atoms with Crippen molar-refractivity contribution < 1.29 is 19.4 Å². The van der Waals surface area contributed by atoms with Crippen molar-refractivity contribution in [2.45, 2.75) is 39.5 Å². The predicted molar refractivity (Wildman–Crippen MR) is 95.4 cm³/mol. The van der Waals surface area contributed by atoms with Crippen molar-refractivity contribution in [3.05, 3.63) is 58.7 Å². The molecule has 25 heavy (non-hydrogen) atoms. The van der Waals surface area contributed by atoms with E-state index in [1.54, 1.807) is 18.2 Å². The van der Waals surface area contributed by atoms with Gasteiger partial charge in [0.15, 0.2) is 0 Å². The molecule has 1 aliphatic rings. The molecule has 0 saturated heterocycles. The fourth-order valence-electron chi connectivity index (χ4n) is 3.07. The molecule has 2 N–H and O–H groups in total. The second kappa shape index (κ2) is 7.57. The van der Waals surface area contributed by atoms with Crippen LogP contribution in [0.1, 0.15) is 40.9 Å². The third-order valence-electron chi connectivity index (χ3n) is 4.20. The Morgan fingerprint density at radius 3 is 2.92 bits per heavy atom. The van der Waals surface area contributed by atoms with E-state index in [0.717, 1.165) is 29.0 Å². The number of fused-ring (bicyclic) bond motifs is 1. The van der Waals surface area contributed by atoms with E-state index in [-0.39, 0.29) is 6.10 Å². The van der Waals surface area contributed by atoms with Crippen LogP contribution in [0.15, 0.2) is 36.4 Å². The molecule has 0 fully saturated rings. The summed E-state index contributed by atoms with van der Waals surface area (Å²) in [6.45, 7) is 5.86. The number of rotatable bonds is 7. The van der Waals surface area contributed by atoms with Crippen molar-refractivity contribution in [3.63, 3.8) is 0 Å². The molecule has 1 unspecified atom stereocenters. The summed E-state index contributed by atoms with van der Waals surface area (Å²) in [5.41, 5.74) is 3.47. The van der Waals surface area contributed by atoms with E-state index in [1.807, 2.05) is 19.1 Å². The Hall–Kier alpha value is -2.53. The molecule has 2 aromatic carbocycles. The first kappa shape index (κ1) is 17.3. The summed E-state index contributed by atoms with van der Waals surface area (Å²) in [4.78, 5) is 11.0. The van der Waals surface area contributed by atoms with Crippen LogP contribution in [0.25, 0.3) is 0 Å². The molecule has 0 radical (unpaired) electrons. The van der Waals surface area contributed by atoms with E-state index in [9.17, 15) is 4.79 Å². The van der Waals surface area contributed by atoms with Gasteiger partial charge in [-0.2, -0.15) is 0 Å². The highest BCUT2D eigenvalue weighted by Gasteiger charge is 2.21. The number of carbonyl (C=O) groups is 1. The maximum Gasteiger partial charge on any atom is 0.335 e. The summed E-state index contributed by atoms with van der Waals surface area (Å²) in [6, 6.07) is 11.1. The lowest BCUT2D eigenvalue weighted by Crippen LogP contribution is -2.14. The third-order valence-corrected chi connectivity index (χ3v) is 4.20. The predicted octanol–water partition coefficient (Wildman–Crippen LogP) is 3.40. The number of benzene rings is 2. The van der Waals surface area contributed by atoms with Crippen molar-refractivity contribution in [2.24, 2.45) is 0 Å². The van der Waals surface area contributed by atoms with Gasteiger partial charge in [-0.25, -0.2) is 4.79 Å². The van der Waals surface area contributed by atoms with Gasteiger partial charge in [0.25, 0.3) is 0 Å². The number of nitrogens with one attached hydrogen (secondary N) is 1. The molecule has 0 amide bonds. The summed E-state index contributed by atoms with van der Waals surface area (Å²) in [5, 5.41) is 12.4. The van der Waals surface area contributed by atoms with Gasteiger partial charge in [-0.05, 0) is 43.7 Å². The van der Waals surface area contributed by atoms with Gasteiger partial charge in [0.2, 0.25) is 0 Å². The summed E-state index contributed by atoms with van der Waals surface area (Å²) in [5.74, 6) is 0.900. The minimum absolute atomic E-state index is 0.200. The largest absolute Gasteiger partial charge is 0.494 e. The molecule has 2 aromatic rings. The Bertz CT molecular complexity index is 772. The van der Waals surface area contributed by atoms with Crippen molar-refractivity contribution in [1.82, 2.24) is 5.32 Å². The Labute approximate surface area is 147 Å². The Morgan fingerprint density at radius 2 is 2.16 bits per heavy atom. The number of ether oxygens (including phenoxy) is 2. The lowest BCUT2D eigenvalue weighted by molar-refractivity contribution is 0.0696. The van der Waals surface area contributed by atoms with Gasteiger partial charge in [0.05, 0.1) is 12.2 Å². The van der Waals surface area contributed by atoms with Gasteiger partial charge < -0.3 is 19.9 Å². The summed E-state index contributed by atoms with van der Waals surface area (Å²) in [6.07, 6.45) is 1.11. The monoisotopic (exact) mass is 341 g/mol. The molecule has 1 heterocycles. The van der Waals surface area contributed by atoms with Crippen LogP contribution in [0, 0.1) is 0 Å². The fourth-order valence-corrected chi connectivity index (χ4v) is 3.07. The van der Waals surface area contributed by atoms with Crippen molar-refractivity contribution in [3.8, 4) is 11.5 Å². The quantitative estimate of drug-likeness (QED) is 0.808. The maximum atomic E-state index is 11.0. The summed E-state index contributed by atoms with van der Waals surface area (Å²) >= 11 is 0. The van der Waals surface area contributed by atoms with E-state index >= 15 is 0 Å². The van der Waals surface area contributed by atoms with Gasteiger partial charge >= 0.3 is 5.97 Å². The van der Waals surface area contributed by atoms with Crippen molar-refractivity contribution >= 4 is 5.97 Å². The highest BCUT2D eigenvalue weighted by Crippen LogP contribution is 2.35. The SMILES string of the molecule is CCOc1cc2c(cc1CNCc1cccc(C(=O)O)c1)OC(C)C2. The number of carboxylic acids is 1. The lowest BCUT2D eigenvalue weighted by atomic mass is 10.1. The highest BCUT2D eigenvalue weighted by atomic mass is 16.5. The first-order chi connectivity index (χ1) is 12.1. The molecule has 1 atom stereocenters. The molecular formula is C20H23NO4. The molecule has 1 aliphatic heterocycles. The van der Waals surface area contributed by atoms with Gasteiger partial charge in [-0.1, -0.05) is 12.1 Å². The molecule has 3 rings (SSSR count). The smallest absolute Gasteiger partial charge is 0.335 e. The zero-order valence-corrected chi connectivity index (χ0v) is 14.5. The number of hydrogen-bond donors (Lipinski definition) is 2. The van der Waals surface area contributed by atoms with Crippen LogP contribution in [0.3, 0.4) is 0 Å². The van der Waals surface area contributed by atoms with Crippen LogP contribution in [0.5, 0.6) is 11.5 Å². The van der Waals surface area contributed by atoms with Crippen LogP contribution in [-0.4, -0.2) is 23.8 Å². The first-order valence-corrected chi connectivity index (χ1v) is 8.55. The fraction of sp³-hybridized carbons (Fsp3) is 0.350. The molecule has 0 aliphatic carbocycles. The standard InChI is InChI=1S/C20H23NO4/c1-3-24-18-9-16-7-13(2)25-19(16)10-17(18)12-21-11-14-5-4-6-15(8-14)20(22)23/h4-6,8-10,13,21H,3,7,11-12H2,1-2H3,(H,22,23). The zero-order valence-electron chi connectivity index (χ0n) is 14.5. The topological polar surface area (TPSA) is 67.8 Å². The minimum Gasteiger partial charge on any atom is -0.494 e. The molecule has 0 aromatic heterocycles. The lowest BCUT2D eigenvalue weighted by Gasteiger charge is -2.13. The van der Waals surface area contributed by atoms with Crippen LogP contribution >= 0.6 is 0 Å². The van der Waals surface area contributed by atoms with E-state index < -0.39 is 5.97 Å². The van der Waals surface area contributed by atoms with E-state index in [1.165, 1.54) is 5.56 Å². The maximum absolute atomic E-state index is 11.0. The van der Waals surface area contributed by atoms with Crippen LogP contribution < -0.4 is 14.8 Å². The number of hydrogen-bond acceptors (Lipinski definition) is 4. The first-order valence-electron chi connectivity index (χ1n) is 8.55. The second-order valence-electron chi connectivity index (χ2n) is 6.24. The third kappa shape index (κ3) is 4.12. The van der Waals surface area contributed by atoms with Crippen LogP contribution in [0.2, 0.25) is 0 Å². The molecule has 0 saturated carbocycles. The van der Waals surface area contributed by atoms with E-state index in [4.69, 9.17) is 14.6 Å². The van der Waals surface area contributed by atoms with E-state index in [2.05, 4.69) is 18.3 Å². The van der Waals surface area contributed by atoms with Gasteiger partial charge in [-0.3, -0.25) is 0 Å². The molecular weight excluding hydrogens is 318 g/mol. The molecule has 0 bridgehead atoms.